The molecule has 1 radical (unpaired) electrons. The fourth-order valence-electron chi connectivity index (χ4n) is 2.43. The van der Waals surface area contributed by atoms with Gasteiger partial charge in [0.1, 0.15) is 0 Å². The van der Waals surface area contributed by atoms with Crippen molar-refractivity contribution in [2.75, 3.05) is 0 Å². The van der Waals surface area contributed by atoms with Gasteiger partial charge in [0.2, 0.25) is 5.91 Å². The first kappa shape index (κ1) is 15.3. The molecule has 1 amide bonds. The van der Waals surface area contributed by atoms with Gasteiger partial charge in [0.05, 0.1) is 6.04 Å². The fraction of sp³-hybridized carbons (Fsp3) is 0.750. The van der Waals surface area contributed by atoms with Crippen molar-refractivity contribution < 1.29 is 4.79 Å². The van der Waals surface area contributed by atoms with Gasteiger partial charge in [-0.15, -0.1) is 0 Å². The van der Waals surface area contributed by atoms with Crippen molar-refractivity contribution in [1.82, 2.24) is 5.32 Å². The number of carbonyl (C=O) groups excluding carboxylic acids is 1. The van der Waals surface area contributed by atoms with Crippen LogP contribution in [0.15, 0.2) is 12.2 Å². The highest BCUT2D eigenvalue weighted by molar-refractivity contribution is 5.92. The van der Waals surface area contributed by atoms with Crippen LogP contribution in [0.25, 0.3) is 0 Å². The molecule has 0 aliphatic heterocycles. The summed E-state index contributed by atoms with van der Waals surface area (Å²) < 4.78 is 0. The predicted molar refractivity (Wildman–Crippen MR) is 77.0 cm³/mol. The lowest BCUT2D eigenvalue weighted by atomic mass is 9.98. The van der Waals surface area contributed by atoms with Crippen LogP contribution in [-0.4, -0.2) is 5.91 Å². The Morgan fingerprint density at radius 3 is 1.67 bits per heavy atom. The zero-order valence-corrected chi connectivity index (χ0v) is 11.9. The monoisotopic (exact) mass is 250 g/mol. The van der Waals surface area contributed by atoms with E-state index in [-0.39, 0.29) is 5.91 Å². The molecule has 2 nitrogen and oxygen atoms in total. The normalized spacial score (nSPS) is 20.5. The lowest BCUT2D eigenvalue weighted by molar-refractivity contribution is -0.117. The summed E-state index contributed by atoms with van der Waals surface area (Å²) in [5.41, 5.74) is 0.605. The number of hydrogen-bond donors (Lipinski definition) is 1. The first-order chi connectivity index (χ1) is 8.70. The van der Waals surface area contributed by atoms with E-state index < -0.39 is 0 Å². The van der Waals surface area contributed by atoms with Crippen LogP contribution in [-0.2, 0) is 4.79 Å². The third kappa shape index (κ3) is 6.83. The van der Waals surface area contributed by atoms with Crippen molar-refractivity contribution in [2.45, 2.75) is 77.6 Å². The Kier molecular flexibility index (Phi) is 7.79. The molecule has 18 heavy (non-hydrogen) atoms. The molecule has 0 saturated heterocycles. The highest BCUT2D eigenvalue weighted by Crippen LogP contribution is 2.20. The topological polar surface area (TPSA) is 29.1 Å². The molecule has 0 aromatic heterocycles. The number of rotatable bonds is 2. The van der Waals surface area contributed by atoms with Crippen molar-refractivity contribution in [2.24, 2.45) is 0 Å². The second-order valence-electron chi connectivity index (χ2n) is 5.52. The standard InChI is InChI=1S/C16H28NO/c1-14(2)16(18)17-15-12-10-8-6-4-3-5-7-9-11-13-15/h1,3-13H2,2H3,(H,17,18). The lowest BCUT2D eigenvalue weighted by Gasteiger charge is -2.18. The van der Waals surface area contributed by atoms with Crippen LogP contribution in [0, 0.1) is 6.04 Å². The van der Waals surface area contributed by atoms with E-state index in [1.165, 1.54) is 63.8 Å². The third-order valence-electron chi connectivity index (χ3n) is 3.64. The van der Waals surface area contributed by atoms with E-state index in [0.29, 0.717) is 5.57 Å². The number of nitrogens with one attached hydrogen (secondary N) is 1. The number of carbonyl (C=O) groups is 1. The van der Waals surface area contributed by atoms with Gasteiger partial charge in [-0.2, -0.15) is 0 Å². The quantitative estimate of drug-likeness (QED) is 0.717. The molecule has 1 aliphatic rings. The van der Waals surface area contributed by atoms with Gasteiger partial charge in [0.15, 0.2) is 0 Å². The molecule has 1 rings (SSSR count). The van der Waals surface area contributed by atoms with Gasteiger partial charge in [-0.3, -0.25) is 4.79 Å². The van der Waals surface area contributed by atoms with E-state index in [9.17, 15) is 4.79 Å². The summed E-state index contributed by atoms with van der Waals surface area (Å²) in [6, 6.07) is 1.23. The summed E-state index contributed by atoms with van der Waals surface area (Å²) in [4.78, 5) is 11.7. The minimum atomic E-state index is -0.00269. The molecule has 1 saturated carbocycles. The summed E-state index contributed by atoms with van der Waals surface area (Å²) in [6.07, 6.45) is 14.0. The van der Waals surface area contributed by atoms with E-state index in [4.69, 9.17) is 0 Å². The Morgan fingerprint density at radius 1 is 0.889 bits per heavy atom. The van der Waals surface area contributed by atoms with E-state index in [2.05, 4.69) is 11.9 Å². The van der Waals surface area contributed by atoms with Crippen LogP contribution in [0.2, 0.25) is 0 Å². The SMILES string of the molecule is C=C(C)C(=O)N[C]1CCCCCCCCCCC1. The summed E-state index contributed by atoms with van der Waals surface area (Å²) in [5.74, 6) is -0.00269. The van der Waals surface area contributed by atoms with Crippen LogP contribution >= 0.6 is 0 Å². The summed E-state index contributed by atoms with van der Waals surface area (Å²) in [5, 5.41) is 3.05. The van der Waals surface area contributed by atoms with E-state index in [1.807, 2.05) is 0 Å². The zero-order chi connectivity index (χ0) is 13.2. The van der Waals surface area contributed by atoms with Gasteiger partial charge in [-0.05, 0) is 19.8 Å². The molecule has 1 fully saturated rings. The zero-order valence-electron chi connectivity index (χ0n) is 11.9. The van der Waals surface area contributed by atoms with Gasteiger partial charge in [-0.1, -0.05) is 64.4 Å². The highest BCUT2D eigenvalue weighted by Gasteiger charge is 2.13. The average molecular weight is 250 g/mol. The van der Waals surface area contributed by atoms with Crippen molar-refractivity contribution in [3.05, 3.63) is 18.2 Å². The lowest BCUT2D eigenvalue weighted by Crippen LogP contribution is -2.28. The molecule has 0 heterocycles. The molecule has 0 aromatic carbocycles. The Hall–Kier alpha value is -0.790. The van der Waals surface area contributed by atoms with Gasteiger partial charge >= 0.3 is 0 Å². The summed E-state index contributed by atoms with van der Waals surface area (Å²) in [7, 11) is 0. The summed E-state index contributed by atoms with van der Waals surface area (Å²) in [6.45, 7) is 5.47. The molecule has 0 aromatic rings. The smallest absolute Gasteiger partial charge is 0.246 e. The Labute approximate surface area is 112 Å². The molecule has 0 spiro atoms. The van der Waals surface area contributed by atoms with Crippen LogP contribution in [0.5, 0.6) is 0 Å². The van der Waals surface area contributed by atoms with Gasteiger partial charge in [-0.25, -0.2) is 0 Å². The highest BCUT2D eigenvalue weighted by atomic mass is 16.1. The molecule has 1 N–H and O–H groups in total. The number of amides is 1. The maximum atomic E-state index is 11.7. The first-order valence-electron chi connectivity index (χ1n) is 7.51. The molecule has 0 atom stereocenters. The van der Waals surface area contributed by atoms with E-state index in [0.717, 1.165) is 12.8 Å². The molecule has 1 aliphatic carbocycles. The third-order valence-corrected chi connectivity index (χ3v) is 3.64. The second kappa shape index (κ2) is 9.18. The first-order valence-corrected chi connectivity index (χ1v) is 7.51. The average Bonchev–Trinajstić information content (AvgIpc) is 2.32. The maximum absolute atomic E-state index is 11.7. The van der Waals surface area contributed by atoms with Crippen molar-refractivity contribution in [3.8, 4) is 0 Å². The van der Waals surface area contributed by atoms with Gasteiger partial charge < -0.3 is 5.32 Å². The van der Waals surface area contributed by atoms with Crippen LogP contribution in [0.1, 0.15) is 77.6 Å². The largest absolute Gasteiger partial charge is 0.345 e. The Morgan fingerprint density at radius 2 is 1.28 bits per heavy atom. The fourth-order valence-corrected chi connectivity index (χ4v) is 2.43. The van der Waals surface area contributed by atoms with Crippen molar-refractivity contribution in [1.29, 1.82) is 0 Å². The molecule has 0 bridgehead atoms. The van der Waals surface area contributed by atoms with Gasteiger partial charge in [0, 0.05) is 5.57 Å². The molecular weight excluding hydrogens is 222 g/mol. The molecule has 103 valence electrons. The predicted octanol–water partition coefficient (Wildman–Crippen LogP) is 4.52. The maximum Gasteiger partial charge on any atom is 0.246 e. The summed E-state index contributed by atoms with van der Waals surface area (Å²) >= 11 is 0. The van der Waals surface area contributed by atoms with Gasteiger partial charge in [0.25, 0.3) is 0 Å². The van der Waals surface area contributed by atoms with Crippen molar-refractivity contribution in [3.63, 3.8) is 0 Å². The van der Waals surface area contributed by atoms with E-state index in [1.54, 1.807) is 6.92 Å². The second-order valence-corrected chi connectivity index (χ2v) is 5.52. The molecular formula is C16H28NO. The Bertz CT molecular complexity index is 248. The van der Waals surface area contributed by atoms with Crippen LogP contribution in [0.3, 0.4) is 0 Å². The molecule has 2 heteroatoms. The van der Waals surface area contributed by atoms with E-state index >= 15 is 0 Å². The Balaban J connectivity index is 2.36. The van der Waals surface area contributed by atoms with Crippen molar-refractivity contribution >= 4 is 5.91 Å². The minimum Gasteiger partial charge on any atom is -0.345 e. The molecule has 0 unspecified atom stereocenters. The van der Waals surface area contributed by atoms with Crippen LogP contribution in [0.4, 0.5) is 0 Å². The minimum absolute atomic E-state index is 0.00269. The van der Waals surface area contributed by atoms with Crippen LogP contribution < -0.4 is 5.32 Å². The number of hydrogen-bond acceptors (Lipinski definition) is 1.